The lowest BCUT2D eigenvalue weighted by atomic mass is 10.1. The predicted octanol–water partition coefficient (Wildman–Crippen LogP) is 4.24. The van der Waals surface area contributed by atoms with Crippen LogP contribution in [0.5, 0.6) is 0 Å². The van der Waals surface area contributed by atoms with Gasteiger partial charge in [0.2, 0.25) is 0 Å². The molecule has 0 bridgehead atoms. The summed E-state index contributed by atoms with van der Waals surface area (Å²) in [4.78, 5) is 31.1. The van der Waals surface area contributed by atoms with Crippen LogP contribution in [0.4, 0.5) is 21.9 Å². The molecule has 1 fully saturated rings. The third-order valence-electron chi connectivity index (χ3n) is 4.35. The van der Waals surface area contributed by atoms with Gasteiger partial charge in [0.05, 0.1) is 15.6 Å². The molecule has 1 aromatic heterocycles. The lowest BCUT2D eigenvalue weighted by Gasteiger charge is -2.21. The van der Waals surface area contributed by atoms with Gasteiger partial charge < -0.3 is 0 Å². The first-order chi connectivity index (χ1) is 12.6. The number of nitro benzene ring substituents is 1. The van der Waals surface area contributed by atoms with Gasteiger partial charge in [-0.1, -0.05) is 41.9 Å². The Kier molecular flexibility index (Phi) is 3.93. The number of pyridine rings is 1. The summed E-state index contributed by atoms with van der Waals surface area (Å²) in [7, 11) is 0. The molecule has 0 atom stereocenters. The molecule has 7 nitrogen and oxygen atoms in total. The molecule has 2 heterocycles. The molecule has 1 saturated heterocycles. The molecule has 2 aromatic carbocycles. The molecule has 0 spiro atoms. The highest BCUT2D eigenvalue weighted by Crippen LogP contribution is 2.38. The maximum atomic E-state index is 13.0. The van der Waals surface area contributed by atoms with E-state index in [0.717, 1.165) is 5.69 Å². The second kappa shape index (κ2) is 6.27. The molecule has 1 aliphatic heterocycles. The van der Waals surface area contributed by atoms with E-state index in [1.807, 2.05) is 30.3 Å². The molecule has 3 aromatic rings. The highest BCUT2D eigenvalue weighted by molar-refractivity contribution is 6.36. The van der Waals surface area contributed by atoms with E-state index >= 15 is 0 Å². The molecule has 2 amide bonds. The Morgan fingerprint density at radius 1 is 1.04 bits per heavy atom. The van der Waals surface area contributed by atoms with E-state index in [1.165, 1.54) is 12.3 Å². The number of anilines is 2. The maximum Gasteiger partial charge on any atom is 0.329 e. The predicted molar refractivity (Wildman–Crippen MR) is 99.9 cm³/mol. The minimum Gasteiger partial charge on any atom is -0.292 e. The highest BCUT2D eigenvalue weighted by atomic mass is 35.5. The topological polar surface area (TPSA) is 79.6 Å². The van der Waals surface area contributed by atoms with Crippen molar-refractivity contribution in [3.8, 4) is 0 Å². The third-order valence-corrected chi connectivity index (χ3v) is 4.62. The molecule has 8 heteroatoms. The highest BCUT2D eigenvalue weighted by Gasteiger charge is 2.33. The van der Waals surface area contributed by atoms with Crippen LogP contribution in [0.2, 0.25) is 5.02 Å². The quantitative estimate of drug-likeness (QED) is 0.511. The van der Waals surface area contributed by atoms with Gasteiger partial charge in [-0.05, 0) is 12.1 Å². The third kappa shape index (κ3) is 2.53. The first-order valence-corrected chi connectivity index (χ1v) is 8.31. The number of non-ortho nitro benzene ring substituents is 1. The Bertz CT molecular complexity index is 1030. The number of para-hydroxylation sites is 2. The summed E-state index contributed by atoms with van der Waals surface area (Å²) >= 11 is 6.33. The van der Waals surface area contributed by atoms with Crippen LogP contribution in [0, 0.1) is 10.1 Å². The number of halogens is 1. The largest absolute Gasteiger partial charge is 0.329 e. The molecule has 0 saturated carbocycles. The SMILES string of the molecule is O=C1N(c2ccccc2)CCN1c1c(Cl)cnc2c([N+](=O)[O-])cccc12. The number of benzene rings is 2. The zero-order chi connectivity index (χ0) is 18.3. The van der Waals surface area contributed by atoms with Gasteiger partial charge in [0, 0.05) is 36.4 Å². The van der Waals surface area contributed by atoms with E-state index in [4.69, 9.17) is 11.6 Å². The van der Waals surface area contributed by atoms with Crippen LogP contribution < -0.4 is 9.80 Å². The minimum absolute atomic E-state index is 0.119. The first kappa shape index (κ1) is 16.3. The number of nitrogens with zero attached hydrogens (tertiary/aromatic N) is 4. The van der Waals surface area contributed by atoms with Crippen LogP contribution >= 0.6 is 11.6 Å². The summed E-state index contributed by atoms with van der Waals surface area (Å²) < 4.78 is 0. The molecule has 0 N–H and O–H groups in total. The monoisotopic (exact) mass is 368 g/mol. The molecule has 0 unspecified atom stereocenters. The van der Waals surface area contributed by atoms with Gasteiger partial charge in [0.15, 0.2) is 0 Å². The summed E-state index contributed by atoms with van der Waals surface area (Å²) in [6.45, 7) is 0.924. The number of hydrogen-bond acceptors (Lipinski definition) is 4. The number of carbonyl (C=O) groups is 1. The van der Waals surface area contributed by atoms with Gasteiger partial charge in [-0.25, -0.2) is 9.78 Å². The number of carbonyl (C=O) groups excluding carboxylic acids is 1. The van der Waals surface area contributed by atoms with Crippen LogP contribution in [0.25, 0.3) is 10.9 Å². The number of urea groups is 1. The Labute approximate surface area is 153 Å². The van der Waals surface area contributed by atoms with Crippen molar-refractivity contribution < 1.29 is 9.72 Å². The number of fused-ring (bicyclic) bond motifs is 1. The number of aromatic nitrogens is 1. The van der Waals surface area contributed by atoms with Gasteiger partial charge in [-0.2, -0.15) is 0 Å². The standard InChI is InChI=1S/C18H13ClN4O3/c19-14-11-20-16-13(7-4-8-15(16)23(25)26)17(14)22-10-9-21(18(22)24)12-5-2-1-3-6-12/h1-8,11H,9-10H2. The van der Waals surface area contributed by atoms with Crippen molar-refractivity contribution in [1.29, 1.82) is 0 Å². The van der Waals surface area contributed by atoms with Crippen molar-refractivity contribution >= 4 is 45.6 Å². The molecule has 0 aliphatic carbocycles. The smallest absolute Gasteiger partial charge is 0.292 e. The van der Waals surface area contributed by atoms with E-state index < -0.39 is 4.92 Å². The van der Waals surface area contributed by atoms with Gasteiger partial charge in [0.1, 0.15) is 5.52 Å². The fourth-order valence-electron chi connectivity index (χ4n) is 3.18. The zero-order valence-corrected chi connectivity index (χ0v) is 14.3. The number of nitro groups is 1. The molecule has 1 aliphatic rings. The minimum atomic E-state index is -0.491. The molecular weight excluding hydrogens is 356 g/mol. The summed E-state index contributed by atoms with van der Waals surface area (Å²) in [5.41, 5.74) is 1.33. The van der Waals surface area contributed by atoms with Crippen molar-refractivity contribution in [3.63, 3.8) is 0 Å². The van der Waals surface area contributed by atoms with Crippen LogP contribution in [0.1, 0.15) is 0 Å². The van der Waals surface area contributed by atoms with E-state index in [-0.39, 0.29) is 22.3 Å². The summed E-state index contributed by atoms with van der Waals surface area (Å²) in [6.07, 6.45) is 1.35. The van der Waals surface area contributed by atoms with Gasteiger partial charge >= 0.3 is 6.03 Å². The van der Waals surface area contributed by atoms with Crippen molar-refractivity contribution in [2.75, 3.05) is 22.9 Å². The van der Waals surface area contributed by atoms with Crippen molar-refractivity contribution in [3.05, 3.63) is 69.9 Å². The van der Waals surface area contributed by atoms with Crippen molar-refractivity contribution in [2.24, 2.45) is 0 Å². The first-order valence-electron chi connectivity index (χ1n) is 7.93. The lowest BCUT2D eigenvalue weighted by molar-refractivity contribution is -0.383. The van der Waals surface area contributed by atoms with Crippen molar-refractivity contribution in [2.45, 2.75) is 0 Å². The zero-order valence-electron chi connectivity index (χ0n) is 13.5. The number of rotatable bonds is 3. The van der Waals surface area contributed by atoms with Gasteiger partial charge in [-0.15, -0.1) is 0 Å². The van der Waals surface area contributed by atoms with E-state index in [2.05, 4.69) is 4.98 Å². The van der Waals surface area contributed by atoms with Gasteiger partial charge in [-0.3, -0.25) is 19.9 Å². The molecule has 26 heavy (non-hydrogen) atoms. The number of hydrogen-bond donors (Lipinski definition) is 0. The second-order valence-corrected chi connectivity index (χ2v) is 6.21. The molecule has 0 radical (unpaired) electrons. The summed E-state index contributed by atoms with van der Waals surface area (Å²) in [5, 5.41) is 12.0. The van der Waals surface area contributed by atoms with Crippen LogP contribution in [0.15, 0.2) is 54.7 Å². The normalized spacial score (nSPS) is 14.3. The van der Waals surface area contributed by atoms with Crippen LogP contribution in [-0.4, -0.2) is 29.0 Å². The van der Waals surface area contributed by atoms with Crippen LogP contribution in [0.3, 0.4) is 0 Å². The fraction of sp³-hybridized carbons (Fsp3) is 0.111. The van der Waals surface area contributed by atoms with Crippen LogP contribution in [-0.2, 0) is 0 Å². The van der Waals surface area contributed by atoms with Crippen molar-refractivity contribution in [1.82, 2.24) is 4.98 Å². The summed E-state index contributed by atoms with van der Waals surface area (Å²) in [5.74, 6) is 0. The Morgan fingerprint density at radius 2 is 1.77 bits per heavy atom. The molecule has 130 valence electrons. The Hall–Kier alpha value is -3.19. The van der Waals surface area contributed by atoms with E-state index in [0.29, 0.717) is 24.2 Å². The second-order valence-electron chi connectivity index (χ2n) is 5.81. The molecule has 4 rings (SSSR count). The Morgan fingerprint density at radius 3 is 2.50 bits per heavy atom. The maximum absolute atomic E-state index is 13.0. The Balaban J connectivity index is 1.82. The fourth-order valence-corrected chi connectivity index (χ4v) is 3.44. The average Bonchev–Trinajstić information content (AvgIpc) is 3.02. The number of amides is 2. The van der Waals surface area contributed by atoms with E-state index in [9.17, 15) is 14.9 Å². The van der Waals surface area contributed by atoms with Gasteiger partial charge in [0.25, 0.3) is 5.69 Å². The average molecular weight is 369 g/mol. The molecular formula is C18H13ClN4O3. The summed E-state index contributed by atoms with van der Waals surface area (Å²) in [6, 6.07) is 13.7. The lowest BCUT2D eigenvalue weighted by Crippen LogP contribution is -2.32. The van der Waals surface area contributed by atoms with E-state index in [1.54, 1.807) is 21.9 Å².